The zero-order valence-corrected chi connectivity index (χ0v) is 9.43. The smallest absolute Gasteiger partial charge is 0.340 e. The second-order valence-corrected chi connectivity index (χ2v) is 3.47. The molecule has 0 amide bonds. The molecule has 0 N–H and O–H groups in total. The summed E-state index contributed by atoms with van der Waals surface area (Å²) in [5.41, 5.74) is 0.0728. The minimum atomic E-state index is -0.646. The Morgan fingerprint density at radius 1 is 1.40 bits per heavy atom. The molecular formula is C10H8Cl2O3. The van der Waals surface area contributed by atoms with Crippen LogP contribution >= 0.6 is 23.2 Å². The molecule has 0 heterocycles. The normalized spacial score (nSPS) is 9.80. The maximum atomic E-state index is 11.5. The van der Waals surface area contributed by atoms with Gasteiger partial charge in [-0.3, -0.25) is 4.79 Å². The number of carbonyl (C=O) groups is 2. The van der Waals surface area contributed by atoms with Crippen molar-refractivity contribution in [2.24, 2.45) is 0 Å². The van der Waals surface area contributed by atoms with Crippen LogP contribution in [0.5, 0.6) is 0 Å². The Hall–Kier alpha value is -1.06. The molecule has 0 radical (unpaired) electrons. The van der Waals surface area contributed by atoms with E-state index in [4.69, 9.17) is 27.9 Å². The fraction of sp³-hybridized carbons (Fsp3) is 0.200. The number of hydrogen-bond acceptors (Lipinski definition) is 3. The first-order valence-corrected chi connectivity index (χ1v) is 4.97. The van der Waals surface area contributed by atoms with Crippen LogP contribution in [0.2, 0.25) is 10.0 Å². The number of carbonyl (C=O) groups excluding carboxylic acids is 2. The molecule has 0 aliphatic heterocycles. The van der Waals surface area contributed by atoms with E-state index >= 15 is 0 Å². The van der Waals surface area contributed by atoms with Crippen LogP contribution in [-0.2, 0) is 4.74 Å². The van der Waals surface area contributed by atoms with Crippen LogP contribution in [0.1, 0.15) is 27.6 Å². The first-order chi connectivity index (χ1) is 7.11. The lowest BCUT2D eigenvalue weighted by atomic mass is 10.1. The monoisotopic (exact) mass is 246 g/mol. The second kappa shape index (κ2) is 5.14. The number of esters is 1. The van der Waals surface area contributed by atoms with Gasteiger partial charge in [-0.25, -0.2) is 4.79 Å². The fourth-order valence-corrected chi connectivity index (χ4v) is 1.54. The summed E-state index contributed by atoms with van der Waals surface area (Å²) >= 11 is 11.5. The molecule has 1 rings (SSSR count). The lowest BCUT2D eigenvalue weighted by molar-refractivity contribution is 0.0524. The van der Waals surface area contributed by atoms with Crippen LogP contribution in [0.4, 0.5) is 0 Å². The van der Waals surface area contributed by atoms with E-state index < -0.39 is 5.97 Å². The zero-order valence-electron chi connectivity index (χ0n) is 7.92. The van der Waals surface area contributed by atoms with Crippen LogP contribution in [0.3, 0.4) is 0 Å². The second-order valence-electron chi connectivity index (χ2n) is 2.66. The van der Waals surface area contributed by atoms with Gasteiger partial charge in [-0.2, -0.15) is 0 Å². The van der Waals surface area contributed by atoms with Crippen molar-refractivity contribution in [2.45, 2.75) is 6.92 Å². The van der Waals surface area contributed by atoms with Gasteiger partial charge in [0.05, 0.1) is 22.2 Å². The summed E-state index contributed by atoms with van der Waals surface area (Å²) in [4.78, 5) is 22.2. The van der Waals surface area contributed by atoms with E-state index in [-0.39, 0.29) is 27.8 Å². The van der Waals surface area contributed by atoms with E-state index in [1.807, 2.05) is 0 Å². The predicted molar refractivity (Wildman–Crippen MR) is 57.8 cm³/mol. The van der Waals surface area contributed by atoms with E-state index in [9.17, 15) is 9.59 Å². The summed E-state index contributed by atoms with van der Waals surface area (Å²) in [7, 11) is 0. The molecule has 0 aliphatic rings. The Kier molecular flexibility index (Phi) is 4.12. The van der Waals surface area contributed by atoms with E-state index in [2.05, 4.69) is 0 Å². The first-order valence-electron chi connectivity index (χ1n) is 4.22. The summed E-state index contributed by atoms with van der Waals surface area (Å²) < 4.78 is 4.77. The van der Waals surface area contributed by atoms with Crippen molar-refractivity contribution in [1.82, 2.24) is 0 Å². The lowest BCUT2D eigenvalue weighted by Crippen LogP contribution is -2.09. The highest BCUT2D eigenvalue weighted by molar-refractivity contribution is 6.37. The van der Waals surface area contributed by atoms with E-state index in [0.29, 0.717) is 6.29 Å². The summed E-state index contributed by atoms with van der Waals surface area (Å²) in [5.74, 6) is -0.646. The average molecular weight is 247 g/mol. The van der Waals surface area contributed by atoms with Gasteiger partial charge in [-0.15, -0.1) is 0 Å². The van der Waals surface area contributed by atoms with Gasteiger partial charge in [0, 0.05) is 5.56 Å². The summed E-state index contributed by atoms with van der Waals surface area (Å²) in [6.07, 6.45) is 0.487. The Bertz CT molecular complexity index is 402. The number of benzene rings is 1. The highest BCUT2D eigenvalue weighted by Gasteiger charge is 2.18. The van der Waals surface area contributed by atoms with Gasteiger partial charge in [0.2, 0.25) is 0 Å². The minimum Gasteiger partial charge on any atom is -0.462 e. The molecular weight excluding hydrogens is 239 g/mol. The molecule has 0 spiro atoms. The van der Waals surface area contributed by atoms with E-state index in [0.717, 1.165) is 0 Å². The SMILES string of the molecule is CCOC(=O)c1c(Cl)ccc(Cl)c1C=O. The van der Waals surface area contributed by atoms with Crippen LogP contribution in [0.25, 0.3) is 0 Å². The van der Waals surface area contributed by atoms with Crippen molar-refractivity contribution in [3.05, 3.63) is 33.3 Å². The molecule has 0 saturated heterocycles. The highest BCUT2D eigenvalue weighted by atomic mass is 35.5. The molecule has 1 aromatic rings. The van der Waals surface area contributed by atoms with Crippen molar-refractivity contribution >= 4 is 35.5 Å². The van der Waals surface area contributed by atoms with Gasteiger partial charge < -0.3 is 4.74 Å². The average Bonchev–Trinajstić information content (AvgIpc) is 2.21. The molecule has 0 bridgehead atoms. The molecule has 0 aromatic heterocycles. The molecule has 5 heteroatoms. The van der Waals surface area contributed by atoms with Crippen molar-refractivity contribution in [3.8, 4) is 0 Å². The Morgan fingerprint density at radius 2 is 2.00 bits per heavy atom. The first kappa shape index (κ1) is 12.0. The van der Waals surface area contributed by atoms with Crippen LogP contribution in [-0.4, -0.2) is 18.9 Å². The largest absolute Gasteiger partial charge is 0.462 e. The van der Waals surface area contributed by atoms with Crippen LogP contribution in [0, 0.1) is 0 Å². The van der Waals surface area contributed by atoms with Gasteiger partial charge >= 0.3 is 5.97 Å². The molecule has 15 heavy (non-hydrogen) atoms. The number of hydrogen-bond donors (Lipinski definition) is 0. The highest BCUT2D eigenvalue weighted by Crippen LogP contribution is 2.26. The Balaban J connectivity index is 3.31. The molecule has 0 atom stereocenters. The molecule has 0 unspecified atom stereocenters. The summed E-state index contributed by atoms with van der Waals surface area (Å²) in [6, 6.07) is 2.90. The van der Waals surface area contributed by atoms with Crippen molar-refractivity contribution in [3.63, 3.8) is 0 Å². The molecule has 80 valence electrons. The molecule has 0 saturated carbocycles. The number of rotatable bonds is 3. The Morgan fingerprint density at radius 3 is 2.53 bits per heavy atom. The molecule has 0 fully saturated rings. The van der Waals surface area contributed by atoms with Gasteiger partial charge in [0.25, 0.3) is 0 Å². The topological polar surface area (TPSA) is 43.4 Å². The zero-order chi connectivity index (χ0) is 11.4. The van der Waals surface area contributed by atoms with Gasteiger partial charge in [-0.1, -0.05) is 23.2 Å². The van der Waals surface area contributed by atoms with Crippen LogP contribution < -0.4 is 0 Å². The number of aldehydes is 1. The molecule has 3 nitrogen and oxygen atoms in total. The van der Waals surface area contributed by atoms with Crippen LogP contribution in [0.15, 0.2) is 12.1 Å². The van der Waals surface area contributed by atoms with E-state index in [1.165, 1.54) is 12.1 Å². The number of ether oxygens (including phenoxy) is 1. The quantitative estimate of drug-likeness (QED) is 0.609. The maximum absolute atomic E-state index is 11.5. The van der Waals surface area contributed by atoms with Crippen molar-refractivity contribution < 1.29 is 14.3 Å². The number of halogens is 2. The predicted octanol–water partition coefficient (Wildman–Crippen LogP) is 2.98. The third kappa shape index (κ3) is 2.49. The molecule has 0 aliphatic carbocycles. The standard InChI is InChI=1S/C10H8Cl2O3/c1-2-15-10(14)9-6(5-13)7(11)3-4-8(9)12/h3-5H,2H2,1H3. The summed E-state index contributed by atoms with van der Waals surface area (Å²) in [6.45, 7) is 1.87. The lowest BCUT2D eigenvalue weighted by Gasteiger charge is -2.07. The van der Waals surface area contributed by atoms with Gasteiger partial charge in [-0.05, 0) is 19.1 Å². The third-order valence-electron chi connectivity index (χ3n) is 1.74. The third-order valence-corrected chi connectivity index (χ3v) is 2.38. The van der Waals surface area contributed by atoms with Gasteiger partial charge in [0.15, 0.2) is 6.29 Å². The maximum Gasteiger partial charge on any atom is 0.340 e. The summed E-state index contributed by atoms with van der Waals surface area (Å²) in [5, 5.41) is 0.331. The van der Waals surface area contributed by atoms with Crippen molar-refractivity contribution in [2.75, 3.05) is 6.61 Å². The van der Waals surface area contributed by atoms with Gasteiger partial charge in [0.1, 0.15) is 0 Å². The Labute approximate surface area is 96.9 Å². The molecule has 1 aromatic carbocycles. The van der Waals surface area contributed by atoms with E-state index in [1.54, 1.807) is 6.92 Å². The van der Waals surface area contributed by atoms with Crippen molar-refractivity contribution in [1.29, 1.82) is 0 Å². The minimum absolute atomic E-state index is 0.0148. The fourth-order valence-electron chi connectivity index (χ4n) is 1.09.